The standard InChI is InChI=1S/C31H28ClN3O4S2/c1-20-4-3-5-21(2)29(20)34-41(38,39)27-16-14-26(15-17-27)33-30(37)23-8-10-24(11-9-23)31-35(28(36)19-40-31)18-22-6-12-25(32)13-7-22/h3-17,31,34H,18-19H2,1-2H3,(H,33,37)/t31-/m0/s1. The zero-order valence-electron chi connectivity index (χ0n) is 22.4. The lowest BCUT2D eigenvalue weighted by Gasteiger charge is -2.24. The number of thioether (sulfide) groups is 1. The van der Waals surface area contributed by atoms with Crippen molar-refractivity contribution in [2.24, 2.45) is 0 Å². The van der Waals surface area contributed by atoms with Crippen LogP contribution in [-0.4, -0.2) is 30.9 Å². The van der Waals surface area contributed by atoms with Crippen LogP contribution < -0.4 is 10.0 Å². The molecule has 41 heavy (non-hydrogen) atoms. The highest BCUT2D eigenvalue weighted by Gasteiger charge is 2.32. The van der Waals surface area contributed by atoms with Gasteiger partial charge in [0.25, 0.3) is 15.9 Å². The van der Waals surface area contributed by atoms with Gasteiger partial charge in [0.15, 0.2) is 0 Å². The first-order valence-electron chi connectivity index (χ1n) is 12.9. The van der Waals surface area contributed by atoms with Crippen LogP contribution in [-0.2, 0) is 21.4 Å². The molecule has 0 radical (unpaired) electrons. The Balaban J connectivity index is 1.24. The van der Waals surface area contributed by atoms with E-state index in [0.717, 1.165) is 22.3 Å². The molecule has 0 aromatic heterocycles. The molecule has 5 rings (SSSR count). The van der Waals surface area contributed by atoms with Crippen molar-refractivity contribution in [2.75, 3.05) is 15.8 Å². The van der Waals surface area contributed by atoms with Crippen LogP contribution in [0.2, 0.25) is 5.02 Å². The molecule has 1 heterocycles. The Bertz CT molecular complexity index is 1670. The summed E-state index contributed by atoms with van der Waals surface area (Å²) in [5.74, 6) is 0.132. The molecule has 1 fully saturated rings. The van der Waals surface area contributed by atoms with Crippen LogP contribution >= 0.6 is 23.4 Å². The third-order valence-corrected chi connectivity index (χ3v) is 9.71. The Kier molecular flexibility index (Phi) is 8.40. The molecule has 0 unspecified atom stereocenters. The van der Waals surface area contributed by atoms with Crippen molar-refractivity contribution in [2.45, 2.75) is 30.7 Å². The number of nitrogens with zero attached hydrogens (tertiary/aromatic N) is 1. The Morgan fingerprint density at radius 3 is 2.20 bits per heavy atom. The summed E-state index contributed by atoms with van der Waals surface area (Å²) < 4.78 is 28.5. The molecular weight excluding hydrogens is 578 g/mol. The Hall–Kier alpha value is -3.79. The van der Waals surface area contributed by atoms with Gasteiger partial charge in [-0.1, -0.05) is 54.1 Å². The number of amides is 2. The van der Waals surface area contributed by atoms with Crippen molar-refractivity contribution in [3.05, 3.63) is 124 Å². The SMILES string of the molecule is Cc1cccc(C)c1NS(=O)(=O)c1ccc(NC(=O)c2ccc([C@@H]3SCC(=O)N3Cc3ccc(Cl)cc3)cc2)cc1. The molecule has 0 aliphatic carbocycles. The van der Waals surface area contributed by atoms with Crippen molar-refractivity contribution >= 4 is 56.6 Å². The molecule has 7 nitrogen and oxygen atoms in total. The number of para-hydroxylation sites is 1. The number of hydrogen-bond donors (Lipinski definition) is 2. The van der Waals surface area contributed by atoms with Crippen LogP contribution in [0.4, 0.5) is 11.4 Å². The van der Waals surface area contributed by atoms with E-state index in [9.17, 15) is 18.0 Å². The third kappa shape index (κ3) is 6.59. The fraction of sp³-hybridized carbons (Fsp3) is 0.161. The first-order valence-corrected chi connectivity index (χ1v) is 15.8. The average molecular weight is 606 g/mol. The van der Waals surface area contributed by atoms with Gasteiger partial charge in [0.05, 0.1) is 16.3 Å². The fourth-order valence-corrected chi connectivity index (χ4v) is 7.09. The smallest absolute Gasteiger partial charge is 0.261 e. The summed E-state index contributed by atoms with van der Waals surface area (Å²) in [7, 11) is -3.80. The number of sulfonamides is 1. The second kappa shape index (κ2) is 12.0. The van der Waals surface area contributed by atoms with Gasteiger partial charge in [-0.15, -0.1) is 11.8 Å². The quantitative estimate of drug-likeness (QED) is 0.231. The van der Waals surface area contributed by atoms with Crippen molar-refractivity contribution in [1.82, 2.24) is 4.90 Å². The van der Waals surface area contributed by atoms with Crippen LogP contribution in [0.1, 0.15) is 38.0 Å². The van der Waals surface area contributed by atoms with E-state index in [1.54, 1.807) is 36.0 Å². The van der Waals surface area contributed by atoms with E-state index in [4.69, 9.17) is 11.6 Å². The van der Waals surface area contributed by atoms with E-state index in [1.807, 2.05) is 73.3 Å². The van der Waals surface area contributed by atoms with Gasteiger partial charge in [-0.25, -0.2) is 8.42 Å². The topological polar surface area (TPSA) is 95.6 Å². The first-order chi connectivity index (χ1) is 19.6. The summed E-state index contributed by atoms with van der Waals surface area (Å²) in [4.78, 5) is 27.4. The highest BCUT2D eigenvalue weighted by atomic mass is 35.5. The van der Waals surface area contributed by atoms with Crippen LogP contribution in [0, 0.1) is 13.8 Å². The molecule has 4 aromatic carbocycles. The van der Waals surface area contributed by atoms with E-state index >= 15 is 0 Å². The largest absolute Gasteiger partial charge is 0.322 e. The molecule has 10 heteroatoms. The number of anilines is 2. The maximum atomic E-state index is 12.9. The fourth-order valence-electron chi connectivity index (χ4n) is 4.58. The molecule has 1 atom stereocenters. The van der Waals surface area contributed by atoms with Crippen molar-refractivity contribution in [3.63, 3.8) is 0 Å². The lowest BCUT2D eigenvalue weighted by atomic mass is 10.1. The Labute approximate surface area is 249 Å². The zero-order valence-corrected chi connectivity index (χ0v) is 24.8. The van der Waals surface area contributed by atoms with Gasteiger partial charge in [0, 0.05) is 22.8 Å². The summed E-state index contributed by atoms with van der Waals surface area (Å²) in [5.41, 5.74) is 5.05. The highest BCUT2D eigenvalue weighted by Crippen LogP contribution is 2.39. The minimum Gasteiger partial charge on any atom is -0.322 e. The van der Waals surface area contributed by atoms with Crippen LogP contribution in [0.5, 0.6) is 0 Å². The number of carbonyl (C=O) groups excluding carboxylic acids is 2. The molecule has 2 amide bonds. The normalized spacial score (nSPS) is 15.1. The molecule has 4 aromatic rings. The molecular formula is C31H28ClN3O4S2. The van der Waals surface area contributed by atoms with Gasteiger partial charge in [0.2, 0.25) is 5.91 Å². The molecule has 1 aliphatic rings. The molecule has 0 saturated carbocycles. The van der Waals surface area contributed by atoms with Gasteiger partial charge >= 0.3 is 0 Å². The van der Waals surface area contributed by atoms with Gasteiger partial charge in [-0.05, 0) is 84.6 Å². The van der Waals surface area contributed by atoms with E-state index < -0.39 is 10.0 Å². The monoisotopic (exact) mass is 605 g/mol. The van der Waals surface area contributed by atoms with Crippen molar-refractivity contribution < 1.29 is 18.0 Å². The number of hydrogen-bond acceptors (Lipinski definition) is 5. The number of rotatable bonds is 8. The zero-order chi connectivity index (χ0) is 29.1. The summed E-state index contributed by atoms with van der Waals surface area (Å²) in [6, 6.07) is 26.2. The predicted molar refractivity (Wildman–Crippen MR) is 165 cm³/mol. The molecule has 2 N–H and O–H groups in total. The maximum absolute atomic E-state index is 12.9. The molecule has 0 bridgehead atoms. The number of benzene rings is 4. The maximum Gasteiger partial charge on any atom is 0.261 e. The van der Waals surface area contributed by atoms with Crippen LogP contribution in [0.3, 0.4) is 0 Å². The molecule has 1 saturated heterocycles. The molecule has 210 valence electrons. The number of carbonyl (C=O) groups is 2. The Morgan fingerprint density at radius 1 is 0.927 bits per heavy atom. The van der Waals surface area contributed by atoms with Gasteiger partial charge in [-0.3, -0.25) is 14.3 Å². The van der Waals surface area contributed by atoms with Crippen LogP contribution in [0.15, 0.2) is 95.9 Å². The van der Waals surface area contributed by atoms with Crippen LogP contribution in [0.25, 0.3) is 0 Å². The second-order valence-electron chi connectivity index (χ2n) is 9.78. The number of aryl methyl sites for hydroxylation is 2. The lowest BCUT2D eigenvalue weighted by molar-refractivity contribution is -0.128. The summed E-state index contributed by atoms with van der Waals surface area (Å²) >= 11 is 7.54. The minimum absolute atomic E-state index is 0.0615. The van der Waals surface area contributed by atoms with E-state index in [-0.39, 0.29) is 22.1 Å². The average Bonchev–Trinajstić information content (AvgIpc) is 3.32. The second-order valence-corrected chi connectivity index (χ2v) is 13.0. The summed E-state index contributed by atoms with van der Waals surface area (Å²) in [5, 5.41) is 3.31. The summed E-state index contributed by atoms with van der Waals surface area (Å²) in [6.45, 7) is 4.17. The van der Waals surface area contributed by atoms with Crippen molar-refractivity contribution in [1.29, 1.82) is 0 Å². The van der Waals surface area contributed by atoms with E-state index in [0.29, 0.717) is 34.3 Å². The molecule has 1 aliphatic heterocycles. The minimum atomic E-state index is -3.80. The number of nitrogens with one attached hydrogen (secondary N) is 2. The van der Waals surface area contributed by atoms with Gasteiger partial charge in [-0.2, -0.15) is 0 Å². The predicted octanol–water partition coefficient (Wildman–Crippen LogP) is 6.78. The van der Waals surface area contributed by atoms with E-state index in [1.165, 1.54) is 12.1 Å². The van der Waals surface area contributed by atoms with Gasteiger partial charge in [0.1, 0.15) is 5.37 Å². The van der Waals surface area contributed by atoms with E-state index in [2.05, 4.69) is 10.0 Å². The van der Waals surface area contributed by atoms with Crippen molar-refractivity contribution in [3.8, 4) is 0 Å². The molecule has 0 spiro atoms. The Morgan fingerprint density at radius 2 is 1.56 bits per heavy atom. The van der Waals surface area contributed by atoms with Gasteiger partial charge < -0.3 is 10.2 Å². The highest BCUT2D eigenvalue weighted by molar-refractivity contribution is 8.00. The third-order valence-electron chi connectivity index (χ3n) is 6.83. The summed E-state index contributed by atoms with van der Waals surface area (Å²) in [6.07, 6.45) is 0. The number of halogens is 1. The lowest BCUT2D eigenvalue weighted by Crippen LogP contribution is -2.27. The first kappa shape index (κ1) is 28.7.